The maximum absolute atomic E-state index is 11.9. The number of hydrogen-bond acceptors (Lipinski definition) is 2. The Morgan fingerprint density at radius 1 is 0.900 bits per heavy atom. The van der Waals surface area contributed by atoms with E-state index in [2.05, 4.69) is 76.2 Å². The molecule has 164 valence electrons. The van der Waals surface area contributed by atoms with E-state index in [1.165, 1.54) is 61.2 Å². The van der Waals surface area contributed by atoms with Crippen LogP contribution in [0.15, 0.2) is 48.5 Å². The van der Waals surface area contributed by atoms with Crippen LogP contribution in [0, 0.1) is 12.8 Å². The van der Waals surface area contributed by atoms with Crippen molar-refractivity contribution in [2.75, 3.05) is 7.11 Å². The molecular formula is C27H40O2Si. The van der Waals surface area contributed by atoms with Crippen LogP contribution in [0.1, 0.15) is 56.7 Å². The molecular weight excluding hydrogens is 384 g/mol. The predicted molar refractivity (Wildman–Crippen MR) is 131 cm³/mol. The van der Waals surface area contributed by atoms with Gasteiger partial charge in [0.2, 0.25) is 0 Å². The zero-order chi connectivity index (χ0) is 22.0. The summed E-state index contributed by atoms with van der Waals surface area (Å²) in [6.07, 6.45) is 5.35. The second-order valence-electron chi connectivity index (χ2n) is 8.71. The van der Waals surface area contributed by atoms with Crippen LogP contribution in [0.2, 0.25) is 18.1 Å². The number of rotatable bonds is 12. The first-order valence-electron chi connectivity index (χ1n) is 11.7. The van der Waals surface area contributed by atoms with Crippen LogP contribution in [0.3, 0.4) is 0 Å². The molecule has 0 aliphatic rings. The molecule has 2 aromatic carbocycles. The summed E-state index contributed by atoms with van der Waals surface area (Å²) in [7, 11) is 0.0233. The smallest absolute Gasteiger partial charge is 0.308 e. The number of carbonyl (C=O) groups is 1. The van der Waals surface area contributed by atoms with Gasteiger partial charge in [0.15, 0.2) is 0 Å². The van der Waals surface area contributed by atoms with Gasteiger partial charge in [-0.2, -0.15) is 0 Å². The molecule has 0 radical (unpaired) electrons. The van der Waals surface area contributed by atoms with E-state index < -0.39 is 8.07 Å². The third kappa shape index (κ3) is 6.56. The van der Waals surface area contributed by atoms with Crippen molar-refractivity contribution < 1.29 is 9.53 Å². The van der Waals surface area contributed by atoms with Gasteiger partial charge in [-0.15, -0.1) is 0 Å². The molecule has 0 bridgehead atoms. The number of esters is 1. The van der Waals surface area contributed by atoms with Crippen LogP contribution < -0.4 is 5.19 Å². The number of methoxy groups -OCH3 is 1. The lowest BCUT2D eigenvalue weighted by molar-refractivity contribution is -0.145. The summed E-state index contributed by atoms with van der Waals surface area (Å²) >= 11 is 0. The van der Waals surface area contributed by atoms with Crippen LogP contribution in [0.25, 0.3) is 0 Å². The third-order valence-electron chi connectivity index (χ3n) is 6.92. The number of benzene rings is 2. The van der Waals surface area contributed by atoms with E-state index in [1.807, 2.05) is 0 Å². The van der Waals surface area contributed by atoms with Crippen molar-refractivity contribution in [3.63, 3.8) is 0 Å². The molecule has 2 rings (SSSR count). The molecule has 0 spiro atoms. The van der Waals surface area contributed by atoms with E-state index in [0.717, 1.165) is 12.8 Å². The summed E-state index contributed by atoms with van der Waals surface area (Å²) in [5.41, 5.74) is 4.04. The second kappa shape index (κ2) is 12.1. The van der Waals surface area contributed by atoms with E-state index in [0.29, 0.717) is 0 Å². The topological polar surface area (TPSA) is 26.3 Å². The number of aryl methyl sites for hydroxylation is 2. The molecule has 0 aliphatic carbocycles. The number of hydrogen-bond donors (Lipinski definition) is 0. The highest BCUT2D eigenvalue weighted by Gasteiger charge is 2.30. The van der Waals surface area contributed by atoms with Crippen LogP contribution in [0.5, 0.6) is 0 Å². The Labute approximate surface area is 185 Å². The van der Waals surface area contributed by atoms with Gasteiger partial charge < -0.3 is 4.74 Å². The molecule has 30 heavy (non-hydrogen) atoms. The third-order valence-corrected chi connectivity index (χ3v) is 12.5. The largest absolute Gasteiger partial charge is 0.469 e. The highest BCUT2D eigenvalue weighted by atomic mass is 28.3. The van der Waals surface area contributed by atoms with Crippen molar-refractivity contribution in [3.8, 4) is 0 Å². The molecule has 0 heterocycles. The first-order valence-corrected chi connectivity index (χ1v) is 14.3. The van der Waals surface area contributed by atoms with Crippen molar-refractivity contribution in [2.45, 2.75) is 77.9 Å². The Morgan fingerprint density at radius 2 is 1.50 bits per heavy atom. The molecule has 0 saturated heterocycles. The molecule has 0 fully saturated rings. The van der Waals surface area contributed by atoms with Crippen LogP contribution in [-0.2, 0) is 22.4 Å². The molecule has 2 nitrogen and oxygen atoms in total. The number of ether oxygens (including phenoxy) is 1. The lowest BCUT2D eigenvalue weighted by atomic mass is 9.97. The minimum absolute atomic E-state index is 0.0398. The van der Waals surface area contributed by atoms with E-state index in [9.17, 15) is 4.79 Å². The van der Waals surface area contributed by atoms with Gasteiger partial charge in [-0.1, -0.05) is 105 Å². The zero-order valence-corrected chi connectivity index (χ0v) is 20.7. The predicted octanol–water partition coefficient (Wildman–Crippen LogP) is 6.46. The molecule has 0 unspecified atom stereocenters. The fraction of sp³-hybridized carbons (Fsp3) is 0.519. The van der Waals surface area contributed by atoms with E-state index >= 15 is 0 Å². The second-order valence-corrected chi connectivity index (χ2v) is 13.8. The van der Waals surface area contributed by atoms with E-state index in [-0.39, 0.29) is 11.9 Å². The SMILES string of the molecule is CC[C@@H](Cc1ccc([Si](CC)(CC)CCCCc2ccc(C)cc2)cc1)C(=O)OC. The molecule has 0 aromatic heterocycles. The van der Waals surface area contributed by atoms with Gasteiger partial charge in [0, 0.05) is 0 Å². The van der Waals surface area contributed by atoms with Gasteiger partial charge >= 0.3 is 5.97 Å². The average Bonchev–Trinajstić information content (AvgIpc) is 2.79. The van der Waals surface area contributed by atoms with Crippen LogP contribution >= 0.6 is 0 Å². The van der Waals surface area contributed by atoms with Gasteiger partial charge in [0.1, 0.15) is 0 Å². The summed E-state index contributed by atoms with van der Waals surface area (Å²) in [6, 6.07) is 22.2. The van der Waals surface area contributed by atoms with Crippen LogP contribution in [0.4, 0.5) is 0 Å². The normalized spacial score (nSPS) is 12.6. The fourth-order valence-electron chi connectivity index (χ4n) is 4.54. The van der Waals surface area contributed by atoms with Crippen LogP contribution in [-0.4, -0.2) is 21.2 Å². The first-order chi connectivity index (χ1) is 14.5. The van der Waals surface area contributed by atoms with Crippen molar-refractivity contribution in [1.82, 2.24) is 0 Å². The highest BCUT2D eigenvalue weighted by molar-refractivity contribution is 6.91. The Hall–Kier alpha value is -1.87. The molecule has 0 N–H and O–H groups in total. The minimum atomic E-state index is -1.46. The molecule has 3 heteroatoms. The van der Waals surface area contributed by atoms with Crippen molar-refractivity contribution in [1.29, 1.82) is 0 Å². The maximum Gasteiger partial charge on any atom is 0.308 e. The number of carbonyl (C=O) groups excluding carboxylic acids is 1. The summed E-state index contributed by atoms with van der Waals surface area (Å²) in [6.45, 7) is 8.97. The molecule has 0 amide bonds. The summed E-state index contributed by atoms with van der Waals surface area (Å²) < 4.78 is 4.95. The van der Waals surface area contributed by atoms with Gasteiger partial charge in [0.25, 0.3) is 0 Å². The molecule has 0 aliphatic heterocycles. The Balaban J connectivity index is 1.99. The Bertz CT molecular complexity index is 760. The average molecular weight is 425 g/mol. The maximum atomic E-state index is 11.9. The molecule has 2 aromatic rings. The van der Waals surface area contributed by atoms with Gasteiger partial charge in [0.05, 0.1) is 21.1 Å². The fourth-order valence-corrected chi connectivity index (χ4v) is 8.66. The number of unbranched alkanes of at least 4 members (excludes halogenated alkanes) is 1. The van der Waals surface area contributed by atoms with Gasteiger partial charge in [-0.3, -0.25) is 4.79 Å². The zero-order valence-electron chi connectivity index (χ0n) is 19.7. The van der Waals surface area contributed by atoms with Crippen molar-refractivity contribution in [2.24, 2.45) is 5.92 Å². The summed E-state index contributed by atoms with van der Waals surface area (Å²) in [4.78, 5) is 11.9. The van der Waals surface area contributed by atoms with E-state index in [4.69, 9.17) is 4.74 Å². The standard InChI is InChI=1S/C27H40O2Si/c1-6-25(27(28)29-5)21-24-16-18-26(19-17-24)30(7-2,8-3)20-10-9-11-23-14-12-22(4)13-15-23/h12-19,25H,6-11,20-21H2,1-5H3/t25-/m0/s1. The minimum Gasteiger partial charge on any atom is -0.469 e. The highest BCUT2D eigenvalue weighted by Crippen LogP contribution is 2.25. The first kappa shape index (κ1) is 24.4. The summed E-state index contributed by atoms with van der Waals surface area (Å²) in [5, 5.41) is 1.58. The molecule has 1 atom stereocenters. The quantitative estimate of drug-likeness (QED) is 0.222. The lowest BCUT2D eigenvalue weighted by Crippen LogP contribution is -2.46. The Kier molecular flexibility index (Phi) is 9.84. The van der Waals surface area contributed by atoms with Gasteiger partial charge in [-0.25, -0.2) is 0 Å². The van der Waals surface area contributed by atoms with Crippen molar-refractivity contribution in [3.05, 3.63) is 65.2 Å². The van der Waals surface area contributed by atoms with E-state index in [1.54, 1.807) is 5.19 Å². The molecule has 0 saturated carbocycles. The summed E-state index contributed by atoms with van der Waals surface area (Å²) in [5.74, 6) is -0.136. The monoisotopic (exact) mass is 424 g/mol. The lowest BCUT2D eigenvalue weighted by Gasteiger charge is -2.30. The van der Waals surface area contributed by atoms with Crippen molar-refractivity contribution >= 4 is 19.2 Å². The Morgan fingerprint density at radius 3 is 2.03 bits per heavy atom. The van der Waals surface area contributed by atoms with Gasteiger partial charge in [-0.05, 0) is 43.7 Å².